The number of anilines is 1. The standard InChI is InChI=1S/C13H10N2S/c14-10-6-7-12-11(8-10)15-13(16-12)9-4-2-1-3-5-9/h1-8H,14H2. The Morgan fingerprint density at radius 3 is 2.62 bits per heavy atom. The zero-order chi connectivity index (χ0) is 11.0. The van der Waals surface area contributed by atoms with Gasteiger partial charge in [-0.05, 0) is 18.2 Å². The van der Waals surface area contributed by atoms with Crippen LogP contribution in [0.5, 0.6) is 0 Å². The first-order chi connectivity index (χ1) is 7.83. The quantitative estimate of drug-likeness (QED) is 0.644. The van der Waals surface area contributed by atoms with Gasteiger partial charge in [0.15, 0.2) is 0 Å². The molecule has 0 saturated carbocycles. The van der Waals surface area contributed by atoms with E-state index in [1.807, 2.05) is 36.4 Å². The van der Waals surface area contributed by atoms with E-state index in [1.54, 1.807) is 11.3 Å². The topological polar surface area (TPSA) is 38.9 Å². The molecule has 16 heavy (non-hydrogen) atoms. The summed E-state index contributed by atoms with van der Waals surface area (Å²) in [6.45, 7) is 0. The molecule has 0 spiro atoms. The lowest BCUT2D eigenvalue weighted by Crippen LogP contribution is -1.82. The summed E-state index contributed by atoms with van der Waals surface area (Å²) in [7, 11) is 0. The van der Waals surface area contributed by atoms with Gasteiger partial charge in [-0.3, -0.25) is 0 Å². The zero-order valence-electron chi connectivity index (χ0n) is 8.55. The molecule has 0 aliphatic carbocycles. The molecular formula is C13H10N2S. The molecule has 1 aromatic heterocycles. The Kier molecular flexibility index (Phi) is 2.11. The van der Waals surface area contributed by atoms with Crippen LogP contribution in [0.2, 0.25) is 0 Å². The maximum absolute atomic E-state index is 5.74. The SMILES string of the molecule is Nc1ccc2sc(-c3ccccc3)nc2c1. The third-order valence-electron chi connectivity index (χ3n) is 2.43. The molecule has 2 nitrogen and oxygen atoms in total. The van der Waals surface area contributed by atoms with E-state index in [9.17, 15) is 0 Å². The van der Waals surface area contributed by atoms with Gasteiger partial charge in [-0.25, -0.2) is 4.98 Å². The molecule has 0 aliphatic rings. The molecule has 2 aromatic carbocycles. The highest BCUT2D eigenvalue weighted by atomic mass is 32.1. The lowest BCUT2D eigenvalue weighted by Gasteiger charge is -1.92. The molecule has 3 rings (SSSR count). The van der Waals surface area contributed by atoms with Gasteiger partial charge in [-0.2, -0.15) is 0 Å². The molecule has 3 aromatic rings. The molecule has 0 aliphatic heterocycles. The number of aromatic nitrogens is 1. The Hall–Kier alpha value is -1.87. The number of fused-ring (bicyclic) bond motifs is 1. The van der Waals surface area contributed by atoms with Crippen molar-refractivity contribution < 1.29 is 0 Å². The number of nitrogens with zero attached hydrogens (tertiary/aromatic N) is 1. The first-order valence-electron chi connectivity index (χ1n) is 5.04. The van der Waals surface area contributed by atoms with Crippen LogP contribution in [-0.2, 0) is 0 Å². The molecule has 3 heteroatoms. The predicted molar refractivity (Wildman–Crippen MR) is 69.5 cm³/mol. The minimum absolute atomic E-state index is 0.761. The van der Waals surface area contributed by atoms with Crippen LogP contribution in [0, 0.1) is 0 Å². The lowest BCUT2D eigenvalue weighted by atomic mass is 10.2. The van der Waals surface area contributed by atoms with E-state index < -0.39 is 0 Å². The van der Waals surface area contributed by atoms with E-state index in [1.165, 1.54) is 4.70 Å². The Bertz CT molecular complexity index is 629. The molecular weight excluding hydrogens is 216 g/mol. The van der Waals surface area contributed by atoms with Crippen LogP contribution in [0.25, 0.3) is 20.8 Å². The number of nitrogen functional groups attached to an aromatic ring is 1. The maximum Gasteiger partial charge on any atom is 0.124 e. The van der Waals surface area contributed by atoms with Crippen molar-refractivity contribution in [3.63, 3.8) is 0 Å². The summed E-state index contributed by atoms with van der Waals surface area (Å²) in [5.74, 6) is 0. The second kappa shape index (κ2) is 3.61. The number of hydrogen-bond donors (Lipinski definition) is 1. The average Bonchev–Trinajstić information content (AvgIpc) is 2.73. The number of nitrogens with two attached hydrogens (primary N) is 1. The van der Waals surface area contributed by atoms with Gasteiger partial charge >= 0.3 is 0 Å². The molecule has 0 amide bonds. The number of rotatable bonds is 1. The van der Waals surface area contributed by atoms with Crippen LogP contribution in [0.4, 0.5) is 5.69 Å². The third-order valence-corrected chi connectivity index (χ3v) is 3.52. The van der Waals surface area contributed by atoms with E-state index in [0.717, 1.165) is 21.8 Å². The summed E-state index contributed by atoms with van der Waals surface area (Å²) >= 11 is 1.69. The molecule has 0 fully saturated rings. The first kappa shape index (κ1) is 9.36. The third kappa shape index (κ3) is 1.55. The van der Waals surface area contributed by atoms with Crippen molar-refractivity contribution in [3.05, 3.63) is 48.5 Å². The summed E-state index contributed by atoms with van der Waals surface area (Å²) in [5, 5.41) is 1.04. The van der Waals surface area contributed by atoms with Crippen LogP contribution >= 0.6 is 11.3 Å². The van der Waals surface area contributed by atoms with Gasteiger partial charge in [0, 0.05) is 11.3 Å². The van der Waals surface area contributed by atoms with Crippen LogP contribution in [0.1, 0.15) is 0 Å². The van der Waals surface area contributed by atoms with Gasteiger partial charge in [-0.15, -0.1) is 11.3 Å². The van der Waals surface area contributed by atoms with Crippen molar-refractivity contribution in [1.82, 2.24) is 4.98 Å². The van der Waals surface area contributed by atoms with Crippen molar-refractivity contribution in [1.29, 1.82) is 0 Å². The predicted octanol–water partition coefficient (Wildman–Crippen LogP) is 3.55. The fourth-order valence-corrected chi connectivity index (χ4v) is 2.60. The summed E-state index contributed by atoms with van der Waals surface area (Å²) in [6, 6.07) is 16.0. The Morgan fingerprint density at radius 1 is 1.00 bits per heavy atom. The Morgan fingerprint density at radius 2 is 1.81 bits per heavy atom. The lowest BCUT2D eigenvalue weighted by molar-refractivity contribution is 1.48. The van der Waals surface area contributed by atoms with E-state index in [0.29, 0.717) is 0 Å². The van der Waals surface area contributed by atoms with Crippen molar-refractivity contribution in [3.8, 4) is 10.6 Å². The largest absolute Gasteiger partial charge is 0.399 e. The second-order valence-corrected chi connectivity index (χ2v) is 4.64. The number of thiazole rings is 1. The fourth-order valence-electron chi connectivity index (χ4n) is 1.65. The number of benzene rings is 2. The molecule has 0 saturated heterocycles. The second-order valence-electron chi connectivity index (χ2n) is 3.61. The van der Waals surface area contributed by atoms with Gasteiger partial charge in [0.1, 0.15) is 5.01 Å². The maximum atomic E-state index is 5.74. The molecule has 0 atom stereocenters. The molecule has 0 unspecified atom stereocenters. The summed E-state index contributed by atoms with van der Waals surface area (Å²) < 4.78 is 1.17. The molecule has 0 bridgehead atoms. The fraction of sp³-hybridized carbons (Fsp3) is 0. The highest BCUT2D eigenvalue weighted by Gasteiger charge is 2.05. The minimum atomic E-state index is 0.761. The Labute approximate surface area is 97.4 Å². The monoisotopic (exact) mass is 226 g/mol. The van der Waals surface area contributed by atoms with Crippen molar-refractivity contribution in [2.24, 2.45) is 0 Å². The van der Waals surface area contributed by atoms with E-state index in [2.05, 4.69) is 17.1 Å². The highest BCUT2D eigenvalue weighted by Crippen LogP contribution is 2.30. The minimum Gasteiger partial charge on any atom is -0.399 e. The molecule has 1 heterocycles. The van der Waals surface area contributed by atoms with E-state index in [4.69, 9.17) is 5.73 Å². The first-order valence-corrected chi connectivity index (χ1v) is 5.86. The van der Waals surface area contributed by atoms with Gasteiger partial charge in [0.2, 0.25) is 0 Å². The van der Waals surface area contributed by atoms with Crippen LogP contribution in [0.15, 0.2) is 48.5 Å². The van der Waals surface area contributed by atoms with E-state index >= 15 is 0 Å². The smallest absolute Gasteiger partial charge is 0.124 e. The van der Waals surface area contributed by atoms with E-state index in [-0.39, 0.29) is 0 Å². The number of hydrogen-bond acceptors (Lipinski definition) is 3. The van der Waals surface area contributed by atoms with Gasteiger partial charge in [0.25, 0.3) is 0 Å². The van der Waals surface area contributed by atoms with Crippen molar-refractivity contribution >= 4 is 27.2 Å². The van der Waals surface area contributed by atoms with Gasteiger partial charge < -0.3 is 5.73 Å². The van der Waals surface area contributed by atoms with Crippen LogP contribution in [-0.4, -0.2) is 4.98 Å². The molecule has 2 N–H and O–H groups in total. The summed E-state index contributed by atoms with van der Waals surface area (Å²) in [5.41, 5.74) is 8.63. The molecule has 78 valence electrons. The normalized spacial score (nSPS) is 10.8. The highest BCUT2D eigenvalue weighted by molar-refractivity contribution is 7.21. The van der Waals surface area contributed by atoms with Crippen LogP contribution < -0.4 is 5.73 Å². The molecule has 0 radical (unpaired) electrons. The van der Waals surface area contributed by atoms with Gasteiger partial charge in [-0.1, -0.05) is 30.3 Å². The van der Waals surface area contributed by atoms with Crippen LogP contribution in [0.3, 0.4) is 0 Å². The zero-order valence-corrected chi connectivity index (χ0v) is 9.37. The Balaban J connectivity index is 2.19. The summed E-state index contributed by atoms with van der Waals surface area (Å²) in [4.78, 5) is 4.58. The average molecular weight is 226 g/mol. The van der Waals surface area contributed by atoms with Crippen molar-refractivity contribution in [2.45, 2.75) is 0 Å². The van der Waals surface area contributed by atoms with Gasteiger partial charge in [0.05, 0.1) is 10.2 Å². The van der Waals surface area contributed by atoms with Crippen molar-refractivity contribution in [2.75, 3.05) is 5.73 Å². The summed E-state index contributed by atoms with van der Waals surface area (Å²) in [6.07, 6.45) is 0.